The Kier molecular flexibility index (Phi) is 3.22. The van der Waals surface area contributed by atoms with Crippen LogP contribution in [0.2, 0.25) is 0 Å². The van der Waals surface area contributed by atoms with Crippen molar-refractivity contribution < 1.29 is 4.74 Å². The summed E-state index contributed by atoms with van der Waals surface area (Å²) in [5.74, 6) is 1.71. The zero-order chi connectivity index (χ0) is 15.1. The Balaban J connectivity index is 1.62. The topological polar surface area (TPSA) is 64.3 Å². The Morgan fingerprint density at radius 3 is 3.27 bits per heavy atom. The van der Waals surface area contributed by atoms with Gasteiger partial charge in [0.2, 0.25) is 5.95 Å². The SMILES string of the molecule is CC1Cc2c(CNc3ncc(Br)c4nncn34)cccc2O1. The summed E-state index contributed by atoms with van der Waals surface area (Å²) in [6, 6.07) is 6.17. The number of hydrogen-bond acceptors (Lipinski definition) is 5. The van der Waals surface area contributed by atoms with Gasteiger partial charge in [-0.2, -0.15) is 0 Å². The molecule has 1 atom stereocenters. The van der Waals surface area contributed by atoms with Crippen LogP contribution in [0.4, 0.5) is 5.95 Å². The zero-order valence-electron chi connectivity index (χ0n) is 12.0. The predicted octanol–water partition coefficient (Wildman–Crippen LogP) is 2.82. The summed E-state index contributed by atoms with van der Waals surface area (Å²) in [6.45, 7) is 2.77. The van der Waals surface area contributed by atoms with Gasteiger partial charge < -0.3 is 10.1 Å². The molecule has 6 nitrogen and oxygen atoms in total. The summed E-state index contributed by atoms with van der Waals surface area (Å²) in [5.41, 5.74) is 3.25. The van der Waals surface area contributed by atoms with Gasteiger partial charge in [0.15, 0.2) is 5.65 Å². The molecule has 0 aliphatic carbocycles. The molecule has 0 spiro atoms. The molecule has 2 aromatic heterocycles. The molecular weight excluding hydrogens is 346 g/mol. The van der Waals surface area contributed by atoms with E-state index in [-0.39, 0.29) is 6.10 Å². The lowest BCUT2D eigenvalue weighted by Gasteiger charge is -2.10. The minimum atomic E-state index is 0.242. The Morgan fingerprint density at radius 2 is 2.36 bits per heavy atom. The molecule has 3 heterocycles. The van der Waals surface area contributed by atoms with Gasteiger partial charge >= 0.3 is 0 Å². The molecule has 0 fully saturated rings. The number of hydrogen-bond donors (Lipinski definition) is 1. The molecule has 1 aromatic carbocycles. The van der Waals surface area contributed by atoms with E-state index in [1.165, 1.54) is 11.1 Å². The van der Waals surface area contributed by atoms with E-state index < -0.39 is 0 Å². The fourth-order valence-corrected chi connectivity index (χ4v) is 3.13. The standard InChI is InChI=1S/C15H14BrN5O/c1-9-5-11-10(3-2-4-13(11)22-9)6-17-15-18-7-12(16)14-20-19-8-21(14)15/h2-4,7-9H,5-6H2,1H3,(H,17,18). The van der Waals surface area contributed by atoms with Crippen LogP contribution in [0.5, 0.6) is 5.75 Å². The van der Waals surface area contributed by atoms with Crippen LogP contribution in [-0.2, 0) is 13.0 Å². The van der Waals surface area contributed by atoms with Crippen LogP contribution in [0, 0.1) is 0 Å². The van der Waals surface area contributed by atoms with Crippen molar-refractivity contribution in [3.63, 3.8) is 0 Å². The van der Waals surface area contributed by atoms with Gasteiger partial charge in [0, 0.05) is 24.7 Å². The maximum atomic E-state index is 5.80. The highest BCUT2D eigenvalue weighted by Gasteiger charge is 2.21. The number of benzene rings is 1. The van der Waals surface area contributed by atoms with Gasteiger partial charge in [-0.15, -0.1) is 10.2 Å². The van der Waals surface area contributed by atoms with Crippen LogP contribution in [0.3, 0.4) is 0 Å². The van der Waals surface area contributed by atoms with E-state index in [1.54, 1.807) is 12.5 Å². The lowest BCUT2D eigenvalue weighted by atomic mass is 10.0. The van der Waals surface area contributed by atoms with Crippen molar-refractivity contribution in [1.82, 2.24) is 19.6 Å². The van der Waals surface area contributed by atoms with Crippen LogP contribution >= 0.6 is 15.9 Å². The number of nitrogens with one attached hydrogen (secondary N) is 1. The predicted molar refractivity (Wildman–Crippen MR) is 86.0 cm³/mol. The van der Waals surface area contributed by atoms with Gasteiger partial charge in [0.1, 0.15) is 18.2 Å². The second-order valence-electron chi connectivity index (χ2n) is 5.33. The van der Waals surface area contributed by atoms with E-state index in [4.69, 9.17) is 4.74 Å². The first-order chi connectivity index (χ1) is 10.7. The first-order valence-corrected chi connectivity index (χ1v) is 7.87. The van der Waals surface area contributed by atoms with Crippen LogP contribution in [0.1, 0.15) is 18.1 Å². The third-order valence-corrected chi connectivity index (χ3v) is 4.34. The summed E-state index contributed by atoms with van der Waals surface area (Å²) < 4.78 is 8.44. The first-order valence-electron chi connectivity index (χ1n) is 7.08. The highest BCUT2D eigenvalue weighted by Crippen LogP contribution is 2.31. The Bertz CT molecular complexity index is 847. The molecule has 0 radical (unpaired) electrons. The van der Waals surface area contributed by atoms with E-state index in [0.717, 1.165) is 22.3 Å². The van der Waals surface area contributed by atoms with Crippen LogP contribution < -0.4 is 10.1 Å². The average Bonchev–Trinajstić information content (AvgIpc) is 3.12. The smallest absolute Gasteiger partial charge is 0.210 e. The molecule has 3 aromatic rings. The monoisotopic (exact) mass is 359 g/mol. The van der Waals surface area contributed by atoms with Crippen molar-refractivity contribution in [2.45, 2.75) is 26.0 Å². The highest BCUT2D eigenvalue weighted by molar-refractivity contribution is 9.10. The number of fused-ring (bicyclic) bond motifs is 2. The minimum Gasteiger partial charge on any atom is -0.490 e. The minimum absolute atomic E-state index is 0.242. The van der Waals surface area contributed by atoms with Crippen molar-refractivity contribution in [3.05, 3.63) is 46.3 Å². The molecule has 4 rings (SSSR count). The van der Waals surface area contributed by atoms with Gasteiger partial charge in [0.05, 0.1) is 4.47 Å². The highest BCUT2D eigenvalue weighted by atomic mass is 79.9. The number of aromatic nitrogens is 4. The maximum Gasteiger partial charge on any atom is 0.210 e. The Morgan fingerprint density at radius 1 is 1.45 bits per heavy atom. The fraction of sp³-hybridized carbons (Fsp3) is 0.267. The van der Waals surface area contributed by atoms with Crippen molar-refractivity contribution in [3.8, 4) is 5.75 Å². The Labute approximate surface area is 135 Å². The largest absolute Gasteiger partial charge is 0.490 e. The molecule has 0 bridgehead atoms. The third-order valence-electron chi connectivity index (χ3n) is 3.78. The van der Waals surface area contributed by atoms with E-state index in [2.05, 4.69) is 49.4 Å². The third kappa shape index (κ3) is 2.21. The second kappa shape index (κ2) is 5.24. The summed E-state index contributed by atoms with van der Waals surface area (Å²) in [4.78, 5) is 4.40. The summed E-state index contributed by atoms with van der Waals surface area (Å²) >= 11 is 3.42. The molecule has 1 aliphatic rings. The second-order valence-corrected chi connectivity index (χ2v) is 6.19. The molecule has 7 heteroatoms. The van der Waals surface area contributed by atoms with E-state index in [9.17, 15) is 0 Å². The van der Waals surface area contributed by atoms with E-state index in [0.29, 0.717) is 12.5 Å². The van der Waals surface area contributed by atoms with Gasteiger partial charge in [-0.1, -0.05) is 12.1 Å². The fourth-order valence-electron chi connectivity index (χ4n) is 2.76. The van der Waals surface area contributed by atoms with Crippen molar-refractivity contribution >= 4 is 27.5 Å². The normalized spacial score (nSPS) is 16.5. The lowest BCUT2D eigenvalue weighted by molar-refractivity contribution is 0.254. The summed E-state index contributed by atoms with van der Waals surface area (Å²) in [6.07, 6.45) is 4.57. The van der Waals surface area contributed by atoms with Gasteiger partial charge in [-0.3, -0.25) is 4.40 Å². The quantitative estimate of drug-likeness (QED) is 0.778. The molecule has 22 heavy (non-hydrogen) atoms. The van der Waals surface area contributed by atoms with Gasteiger partial charge in [0.25, 0.3) is 0 Å². The van der Waals surface area contributed by atoms with Crippen molar-refractivity contribution in [1.29, 1.82) is 0 Å². The molecule has 0 saturated carbocycles. The van der Waals surface area contributed by atoms with Gasteiger partial charge in [-0.05, 0) is 34.5 Å². The molecule has 0 saturated heterocycles. The van der Waals surface area contributed by atoms with E-state index in [1.807, 2.05) is 16.5 Å². The van der Waals surface area contributed by atoms with Crippen molar-refractivity contribution in [2.24, 2.45) is 0 Å². The summed E-state index contributed by atoms with van der Waals surface area (Å²) in [7, 11) is 0. The molecular formula is C15H14BrN5O. The average molecular weight is 360 g/mol. The maximum absolute atomic E-state index is 5.80. The van der Waals surface area contributed by atoms with Crippen LogP contribution in [0.15, 0.2) is 35.2 Å². The molecule has 0 amide bonds. The Hall–Kier alpha value is -2.15. The number of anilines is 1. The van der Waals surface area contributed by atoms with Crippen LogP contribution in [0.25, 0.3) is 5.65 Å². The molecule has 1 unspecified atom stereocenters. The van der Waals surface area contributed by atoms with Crippen LogP contribution in [-0.4, -0.2) is 25.7 Å². The molecule has 1 N–H and O–H groups in total. The van der Waals surface area contributed by atoms with E-state index >= 15 is 0 Å². The van der Waals surface area contributed by atoms with Crippen molar-refractivity contribution in [2.75, 3.05) is 5.32 Å². The number of rotatable bonds is 3. The number of halogens is 1. The number of ether oxygens (including phenoxy) is 1. The molecule has 1 aliphatic heterocycles. The lowest BCUT2D eigenvalue weighted by Crippen LogP contribution is -2.08. The zero-order valence-corrected chi connectivity index (χ0v) is 13.5. The summed E-state index contributed by atoms with van der Waals surface area (Å²) in [5, 5.41) is 11.4. The van der Waals surface area contributed by atoms with Gasteiger partial charge in [-0.25, -0.2) is 4.98 Å². The first kappa shape index (κ1) is 13.5. The molecule has 112 valence electrons. The number of nitrogens with zero attached hydrogens (tertiary/aromatic N) is 4.